The Balaban J connectivity index is -0.0000000150. The van der Waals surface area contributed by atoms with E-state index in [4.69, 9.17) is 15.0 Å². The van der Waals surface area contributed by atoms with Gasteiger partial charge in [0.2, 0.25) is 0 Å². The van der Waals surface area contributed by atoms with Crippen LogP contribution in [0.15, 0.2) is 0 Å². The molecular formula is CH2LiNaO4. The molecule has 0 unspecified atom stereocenters. The fourth-order valence-corrected chi connectivity index (χ4v) is 0. The molecule has 4 nitrogen and oxygen atoms in total. The van der Waals surface area contributed by atoms with E-state index in [1.807, 2.05) is 0 Å². The topological polar surface area (TPSA) is 86.0 Å². The number of hydrogen-bond donors (Lipinski definition) is 2. The summed E-state index contributed by atoms with van der Waals surface area (Å²) in [4.78, 5) is 8.56. The summed E-state index contributed by atoms with van der Waals surface area (Å²) in [7, 11) is 0. The van der Waals surface area contributed by atoms with Gasteiger partial charge < -0.3 is 15.7 Å². The second-order valence-corrected chi connectivity index (χ2v) is 0.283. The summed E-state index contributed by atoms with van der Waals surface area (Å²) >= 11 is 0. The van der Waals surface area contributed by atoms with Gasteiger partial charge in [-0.25, -0.2) is 4.79 Å². The van der Waals surface area contributed by atoms with Gasteiger partial charge in [-0.05, 0) is 0 Å². The second-order valence-electron chi connectivity index (χ2n) is 0.283. The number of hydrogen-bond acceptors (Lipinski definition) is 1. The van der Waals surface area contributed by atoms with Crippen molar-refractivity contribution in [2.75, 3.05) is 0 Å². The fourth-order valence-electron chi connectivity index (χ4n) is 0. The first kappa shape index (κ1) is 24.9. The summed E-state index contributed by atoms with van der Waals surface area (Å²) in [6.07, 6.45) is -1.83. The van der Waals surface area contributed by atoms with E-state index in [9.17, 15) is 0 Å². The monoisotopic (exact) mass is 108 g/mol. The first-order valence-electron chi connectivity index (χ1n) is 0.651. The van der Waals surface area contributed by atoms with Crippen LogP contribution in [0.3, 0.4) is 0 Å². The Morgan fingerprint density at radius 3 is 1.29 bits per heavy atom. The molecule has 0 rings (SSSR count). The van der Waals surface area contributed by atoms with Gasteiger partial charge in [0.1, 0.15) is 0 Å². The van der Waals surface area contributed by atoms with Crippen molar-refractivity contribution >= 4 is 6.16 Å². The van der Waals surface area contributed by atoms with Gasteiger partial charge in [-0.2, -0.15) is 0 Å². The third-order valence-corrected chi connectivity index (χ3v) is 0. The van der Waals surface area contributed by atoms with E-state index in [0.29, 0.717) is 0 Å². The van der Waals surface area contributed by atoms with Gasteiger partial charge >= 0.3 is 54.6 Å². The Morgan fingerprint density at radius 1 is 1.29 bits per heavy atom. The third-order valence-electron chi connectivity index (χ3n) is 0. The maximum atomic E-state index is 8.56. The molecule has 0 aliphatic carbocycles. The summed E-state index contributed by atoms with van der Waals surface area (Å²) in [5.41, 5.74) is 0. The Labute approximate surface area is 74.7 Å². The molecule has 0 aliphatic rings. The molecule has 0 fully saturated rings. The zero-order valence-corrected chi connectivity index (χ0v) is 6.21. The van der Waals surface area contributed by atoms with Crippen molar-refractivity contribution in [3.63, 3.8) is 0 Å². The molecular weight excluding hydrogens is 106 g/mol. The number of rotatable bonds is 0. The molecule has 2 N–H and O–H groups in total. The standard InChI is InChI=1S/CH2O3.Li.Na.O/c2-1(3)4;;;/h(H2,2,3,4);;;/q;2*+1;-2. The van der Waals surface area contributed by atoms with Gasteiger partial charge in [0.05, 0.1) is 0 Å². The summed E-state index contributed by atoms with van der Waals surface area (Å²) in [6.45, 7) is 0. The quantitative estimate of drug-likeness (QED) is 0.303. The van der Waals surface area contributed by atoms with Crippen LogP contribution >= 0.6 is 0 Å². The van der Waals surface area contributed by atoms with Crippen LogP contribution in [0.5, 0.6) is 0 Å². The Morgan fingerprint density at radius 2 is 1.29 bits per heavy atom. The average Bonchev–Trinajstić information content (AvgIpc) is 0.811. The van der Waals surface area contributed by atoms with E-state index in [1.54, 1.807) is 0 Å². The van der Waals surface area contributed by atoms with Crippen LogP contribution in [0.1, 0.15) is 0 Å². The number of carboxylic acid groups (broad SMARTS) is 2. The molecule has 0 radical (unpaired) electrons. The van der Waals surface area contributed by atoms with Crippen LogP contribution in [0.4, 0.5) is 4.79 Å². The predicted octanol–water partition coefficient (Wildman–Crippen LogP) is -5.89. The summed E-state index contributed by atoms with van der Waals surface area (Å²) in [5, 5.41) is 13.9. The molecule has 0 atom stereocenters. The van der Waals surface area contributed by atoms with E-state index < -0.39 is 6.16 Å². The SMILES string of the molecule is O=C(O)O.[Li+].[Na+].[O-2]. The molecule has 0 aliphatic heterocycles. The van der Waals surface area contributed by atoms with Crippen LogP contribution in [0.25, 0.3) is 0 Å². The van der Waals surface area contributed by atoms with Crippen molar-refractivity contribution < 1.29 is 68.9 Å². The van der Waals surface area contributed by atoms with Gasteiger partial charge in [0.15, 0.2) is 0 Å². The van der Waals surface area contributed by atoms with Crippen molar-refractivity contribution in [2.45, 2.75) is 0 Å². The van der Waals surface area contributed by atoms with E-state index in [-0.39, 0.29) is 53.9 Å². The van der Waals surface area contributed by atoms with E-state index >= 15 is 0 Å². The van der Waals surface area contributed by atoms with Crippen LogP contribution in [0.2, 0.25) is 0 Å². The Bertz CT molecular complexity index is 34.7. The molecule has 0 aromatic heterocycles. The van der Waals surface area contributed by atoms with Crippen molar-refractivity contribution in [1.82, 2.24) is 0 Å². The summed E-state index contributed by atoms with van der Waals surface area (Å²) < 4.78 is 0. The van der Waals surface area contributed by atoms with Gasteiger partial charge in [-0.1, -0.05) is 0 Å². The predicted molar refractivity (Wildman–Crippen MR) is 11.3 cm³/mol. The first-order valence-corrected chi connectivity index (χ1v) is 0.651. The van der Waals surface area contributed by atoms with Gasteiger partial charge in [0, 0.05) is 0 Å². The maximum Gasteiger partial charge on any atom is 1.00 e. The van der Waals surface area contributed by atoms with E-state index in [1.165, 1.54) is 0 Å². The second kappa shape index (κ2) is 15.8. The zero-order valence-electron chi connectivity index (χ0n) is 4.21. The molecule has 0 heterocycles. The minimum Gasteiger partial charge on any atom is -2.00 e. The molecule has 0 saturated carbocycles. The van der Waals surface area contributed by atoms with Crippen LogP contribution in [-0.2, 0) is 5.48 Å². The molecule has 7 heavy (non-hydrogen) atoms. The smallest absolute Gasteiger partial charge is 1.00 e. The largest absolute Gasteiger partial charge is 2.00 e. The Kier molecular flexibility index (Phi) is 56.3. The zero-order chi connectivity index (χ0) is 3.58. The molecule has 0 saturated heterocycles. The fraction of sp³-hybridized carbons (Fsp3) is 0. The molecule has 0 bridgehead atoms. The molecule has 0 spiro atoms. The molecule has 0 aromatic rings. The molecule has 6 heteroatoms. The van der Waals surface area contributed by atoms with Crippen LogP contribution < -0.4 is 48.4 Å². The van der Waals surface area contributed by atoms with Crippen molar-refractivity contribution in [2.24, 2.45) is 0 Å². The van der Waals surface area contributed by atoms with Crippen molar-refractivity contribution in [1.29, 1.82) is 0 Å². The first-order chi connectivity index (χ1) is 1.73. The average molecular weight is 108 g/mol. The Hall–Kier alpha value is 0.827. The van der Waals surface area contributed by atoms with E-state index in [0.717, 1.165) is 0 Å². The van der Waals surface area contributed by atoms with Crippen LogP contribution in [0, 0.1) is 0 Å². The van der Waals surface area contributed by atoms with E-state index in [2.05, 4.69) is 0 Å². The van der Waals surface area contributed by atoms with Crippen molar-refractivity contribution in [3.05, 3.63) is 0 Å². The molecule has 0 aromatic carbocycles. The summed E-state index contributed by atoms with van der Waals surface area (Å²) in [6, 6.07) is 0. The number of carbonyl (C=O) groups is 1. The normalized spacial score (nSPS) is 3.43. The minimum absolute atomic E-state index is 0. The van der Waals surface area contributed by atoms with Crippen LogP contribution in [-0.4, -0.2) is 16.4 Å². The molecule has 0 amide bonds. The van der Waals surface area contributed by atoms with Gasteiger partial charge in [-0.3, -0.25) is 0 Å². The third kappa shape index (κ3) is 232. The maximum absolute atomic E-state index is 8.56. The molecule has 32 valence electrons. The van der Waals surface area contributed by atoms with Gasteiger partial charge in [-0.15, -0.1) is 0 Å². The summed E-state index contributed by atoms with van der Waals surface area (Å²) in [5.74, 6) is 0. The minimum atomic E-state index is -1.83. The van der Waals surface area contributed by atoms with Gasteiger partial charge in [0.25, 0.3) is 0 Å². The van der Waals surface area contributed by atoms with Crippen molar-refractivity contribution in [3.8, 4) is 0 Å².